The molecule has 23 heavy (non-hydrogen) atoms. The Hall–Kier alpha value is -2.80. The lowest BCUT2D eigenvalue weighted by atomic mass is 10.1. The number of carboxylic acids is 1. The second kappa shape index (κ2) is 6.13. The Kier molecular flexibility index (Phi) is 4.03. The second-order valence-electron chi connectivity index (χ2n) is 4.75. The molecule has 2 heterocycles. The highest BCUT2D eigenvalue weighted by atomic mass is 32.1. The van der Waals surface area contributed by atoms with Gasteiger partial charge in [-0.05, 0) is 24.3 Å². The molecule has 3 aromatic rings. The average molecular weight is 330 g/mol. The van der Waals surface area contributed by atoms with Crippen LogP contribution in [0.5, 0.6) is 0 Å². The summed E-state index contributed by atoms with van der Waals surface area (Å²) in [5.41, 5.74) is 0.622. The number of nitrogens with zero attached hydrogens (tertiary/aromatic N) is 1. The first-order valence-electron chi connectivity index (χ1n) is 6.69. The smallest absolute Gasteiger partial charge is 0.346 e. The molecule has 0 unspecified atom stereocenters. The van der Waals surface area contributed by atoms with Crippen molar-refractivity contribution in [3.8, 4) is 0 Å². The zero-order valence-corrected chi connectivity index (χ0v) is 12.6. The van der Waals surface area contributed by atoms with E-state index in [4.69, 9.17) is 0 Å². The fourth-order valence-corrected chi connectivity index (χ4v) is 3.35. The summed E-state index contributed by atoms with van der Waals surface area (Å²) < 4.78 is 14.6. The standard InChI is InChI=1S/C16H11FN2O3S/c17-11-4-1-5-12-13(11)10(14(23-12)16(21)22)8-19-15(20)9-3-2-6-18-7-9/h1-7H,8H2,(H,19,20)(H,21,22). The Labute approximate surface area is 134 Å². The lowest BCUT2D eigenvalue weighted by Gasteiger charge is -2.06. The van der Waals surface area contributed by atoms with E-state index in [0.717, 1.165) is 11.3 Å². The molecule has 1 amide bonds. The maximum absolute atomic E-state index is 14.1. The normalized spacial score (nSPS) is 10.7. The first-order valence-corrected chi connectivity index (χ1v) is 7.51. The first-order chi connectivity index (χ1) is 11.1. The number of carbonyl (C=O) groups excluding carboxylic acids is 1. The number of thiophene rings is 1. The first kappa shape index (κ1) is 15.1. The van der Waals surface area contributed by atoms with Gasteiger partial charge in [-0.2, -0.15) is 0 Å². The lowest BCUT2D eigenvalue weighted by Crippen LogP contribution is -2.23. The Bertz CT molecular complexity index is 893. The van der Waals surface area contributed by atoms with Crippen LogP contribution in [0.4, 0.5) is 4.39 Å². The van der Waals surface area contributed by atoms with E-state index in [1.165, 1.54) is 18.3 Å². The fraction of sp³-hybridized carbons (Fsp3) is 0.0625. The number of aromatic carboxylic acids is 1. The van der Waals surface area contributed by atoms with Crippen LogP contribution in [0, 0.1) is 5.82 Å². The third-order valence-corrected chi connectivity index (χ3v) is 4.49. The van der Waals surface area contributed by atoms with Crippen molar-refractivity contribution in [3.63, 3.8) is 0 Å². The summed E-state index contributed by atoms with van der Waals surface area (Å²) >= 11 is 0.990. The predicted octanol–water partition coefficient (Wildman–Crippen LogP) is 3.06. The molecule has 1 aromatic carbocycles. The lowest BCUT2D eigenvalue weighted by molar-refractivity contribution is 0.0700. The van der Waals surface area contributed by atoms with E-state index < -0.39 is 17.7 Å². The summed E-state index contributed by atoms with van der Waals surface area (Å²) in [6.45, 7) is -0.0731. The molecule has 116 valence electrons. The summed E-state index contributed by atoms with van der Waals surface area (Å²) in [5, 5.41) is 12.2. The van der Waals surface area contributed by atoms with Gasteiger partial charge in [0.1, 0.15) is 10.7 Å². The van der Waals surface area contributed by atoms with Gasteiger partial charge in [-0.1, -0.05) is 6.07 Å². The third-order valence-electron chi connectivity index (χ3n) is 3.31. The monoisotopic (exact) mass is 330 g/mol. The minimum absolute atomic E-state index is 0.0246. The molecule has 0 aliphatic heterocycles. The number of carbonyl (C=O) groups is 2. The number of carboxylic acid groups (broad SMARTS) is 1. The molecule has 5 nitrogen and oxygen atoms in total. The largest absolute Gasteiger partial charge is 0.477 e. The summed E-state index contributed by atoms with van der Waals surface area (Å²) in [7, 11) is 0. The van der Waals surface area contributed by atoms with Gasteiger partial charge in [0.25, 0.3) is 5.91 Å². The maximum atomic E-state index is 14.1. The van der Waals surface area contributed by atoms with Crippen LogP contribution in [-0.4, -0.2) is 22.0 Å². The Morgan fingerprint density at radius 1 is 1.26 bits per heavy atom. The number of hydrogen-bond acceptors (Lipinski definition) is 4. The van der Waals surface area contributed by atoms with Crippen LogP contribution in [-0.2, 0) is 6.54 Å². The van der Waals surface area contributed by atoms with E-state index in [-0.39, 0.29) is 22.4 Å². The molecule has 2 aromatic heterocycles. The van der Waals surface area contributed by atoms with Crippen LogP contribution in [0.2, 0.25) is 0 Å². The van der Waals surface area contributed by atoms with Gasteiger partial charge in [-0.15, -0.1) is 11.3 Å². The van der Waals surface area contributed by atoms with Gasteiger partial charge in [0, 0.05) is 34.6 Å². The molecule has 7 heteroatoms. The summed E-state index contributed by atoms with van der Waals surface area (Å²) in [6.07, 6.45) is 2.95. The van der Waals surface area contributed by atoms with Gasteiger partial charge in [0.05, 0.1) is 5.56 Å². The van der Waals surface area contributed by atoms with E-state index in [9.17, 15) is 19.1 Å². The average Bonchev–Trinajstić information content (AvgIpc) is 2.94. The van der Waals surface area contributed by atoms with Crippen molar-refractivity contribution in [3.05, 3.63) is 64.5 Å². The molecular formula is C16H11FN2O3S. The minimum atomic E-state index is -1.14. The van der Waals surface area contributed by atoms with Crippen molar-refractivity contribution in [1.29, 1.82) is 0 Å². The zero-order valence-electron chi connectivity index (χ0n) is 11.7. The molecule has 0 spiro atoms. The number of rotatable bonds is 4. The topological polar surface area (TPSA) is 79.3 Å². The zero-order chi connectivity index (χ0) is 16.4. The molecule has 0 aliphatic carbocycles. The summed E-state index contributed by atoms with van der Waals surface area (Å²) in [4.78, 5) is 27.3. The quantitative estimate of drug-likeness (QED) is 0.770. The number of halogens is 1. The van der Waals surface area contributed by atoms with Crippen LogP contribution in [0.25, 0.3) is 10.1 Å². The van der Waals surface area contributed by atoms with Gasteiger partial charge in [-0.3, -0.25) is 9.78 Å². The highest BCUT2D eigenvalue weighted by Crippen LogP contribution is 2.33. The summed E-state index contributed by atoms with van der Waals surface area (Å²) in [6, 6.07) is 7.66. The number of fused-ring (bicyclic) bond motifs is 1. The van der Waals surface area contributed by atoms with E-state index in [1.807, 2.05) is 0 Å². The molecule has 0 saturated carbocycles. The molecule has 2 N–H and O–H groups in total. The highest BCUT2D eigenvalue weighted by molar-refractivity contribution is 7.21. The number of aromatic nitrogens is 1. The van der Waals surface area contributed by atoms with Crippen molar-refractivity contribution in [2.45, 2.75) is 6.54 Å². The van der Waals surface area contributed by atoms with Gasteiger partial charge < -0.3 is 10.4 Å². The van der Waals surface area contributed by atoms with Crippen molar-refractivity contribution in [2.24, 2.45) is 0 Å². The van der Waals surface area contributed by atoms with Crippen LogP contribution in [0.15, 0.2) is 42.7 Å². The van der Waals surface area contributed by atoms with Crippen molar-refractivity contribution in [2.75, 3.05) is 0 Å². The number of amides is 1. The SMILES string of the molecule is O=C(NCc1c(C(=O)O)sc2cccc(F)c12)c1cccnc1. The van der Waals surface area contributed by atoms with E-state index in [2.05, 4.69) is 10.3 Å². The summed E-state index contributed by atoms with van der Waals surface area (Å²) in [5.74, 6) is -2.04. The van der Waals surface area contributed by atoms with Gasteiger partial charge in [-0.25, -0.2) is 9.18 Å². The Morgan fingerprint density at radius 2 is 2.09 bits per heavy atom. The van der Waals surface area contributed by atoms with Crippen LogP contribution < -0.4 is 5.32 Å². The molecule has 0 fully saturated rings. The Balaban J connectivity index is 1.94. The van der Waals surface area contributed by atoms with Gasteiger partial charge in [0.15, 0.2) is 0 Å². The second-order valence-corrected chi connectivity index (χ2v) is 5.80. The molecular weight excluding hydrogens is 319 g/mol. The number of nitrogens with one attached hydrogen (secondary N) is 1. The number of pyridine rings is 1. The maximum Gasteiger partial charge on any atom is 0.346 e. The third kappa shape index (κ3) is 2.91. The predicted molar refractivity (Wildman–Crippen MR) is 84.1 cm³/mol. The molecule has 0 atom stereocenters. The molecule has 0 bridgehead atoms. The van der Waals surface area contributed by atoms with Crippen molar-refractivity contribution < 1.29 is 19.1 Å². The van der Waals surface area contributed by atoms with Crippen LogP contribution in [0.1, 0.15) is 25.6 Å². The van der Waals surface area contributed by atoms with E-state index in [1.54, 1.807) is 24.4 Å². The number of benzene rings is 1. The Morgan fingerprint density at radius 3 is 2.78 bits per heavy atom. The van der Waals surface area contributed by atoms with Gasteiger partial charge >= 0.3 is 5.97 Å². The number of hydrogen-bond donors (Lipinski definition) is 2. The van der Waals surface area contributed by atoms with Crippen LogP contribution >= 0.6 is 11.3 Å². The minimum Gasteiger partial charge on any atom is -0.477 e. The molecule has 0 saturated heterocycles. The van der Waals surface area contributed by atoms with Crippen molar-refractivity contribution in [1.82, 2.24) is 10.3 Å². The molecule has 0 radical (unpaired) electrons. The van der Waals surface area contributed by atoms with E-state index >= 15 is 0 Å². The van der Waals surface area contributed by atoms with Gasteiger partial charge in [0.2, 0.25) is 0 Å². The molecule has 3 rings (SSSR count). The van der Waals surface area contributed by atoms with Crippen LogP contribution in [0.3, 0.4) is 0 Å². The molecule has 0 aliphatic rings. The van der Waals surface area contributed by atoms with E-state index in [0.29, 0.717) is 10.3 Å². The fourth-order valence-electron chi connectivity index (χ4n) is 2.28. The van der Waals surface area contributed by atoms with Crippen molar-refractivity contribution >= 4 is 33.3 Å². The highest BCUT2D eigenvalue weighted by Gasteiger charge is 2.20.